The van der Waals surface area contributed by atoms with Crippen LogP contribution in [0.25, 0.3) is 0 Å². The maximum atomic E-state index is 13.0. The maximum absolute atomic E-state index is 13.0. The number of carbonyl (C=O) groups is 1. The maximum Gasteiger partial charge on any atom is 0.306 e. The number of rotatable bonds is 6. The van der Waals surface area contributed by atoms with Crippen LogP contribution in [0.3, 0.4) is 0 Å². The molecule has 0 saturated carbocycles. The highest BCUT2D eigenvalue weighted by Crippen LogP contribution is 2.32. The third-order valence-corrected chi connectivity index (χ3v) is 7.91. The molecule has 0 atom stereocenters. The van der Waals surface area contributed by atoms with Crippen molar-refractivity contribution in [3.05, 3.63) is 76.6 Å². The number of nitrogens with one attached hydrogen (secondary N) is 1. The first-order chi connectivity index (χ1) is 14.4. The predicted octanol–water partition coefficient (Wildman–Crippen LogP) is 2.34. The van der Waals surface area contributed by atoms with Crippen LogP contribution in [0.4, 0.5) is 5.13 Å². The van der Waals surface area contributed by atoms with Gasteiger partial charge in [-0.05, 0) is 24.1 Å². The third-order valence-electron chi connectivity index (χ3n) is 4.74. The lowest BCUT2D eigenvalue weighted by Crippen LogP contribution is -2.32. The fraction of sp³-hybridized carbons (Fsp3) is 0.250. The van der Waals surface area contributed by atoms with Crippen LogP contribution in [0.5, 0.6) is 0 Å². The van der Waals surface area contributed by atoms with E-state index in [4.69, 9.17) is 0 Å². The van der Waals surface area contributed by atoms with Crippen LogP contribution < -0.4 is 9.62 Å². The lowest BCUT2D eigenvalue weighted by molar-refractivity contribution is 0.0954. The Morgan fingerprint density at radius 1 is 1.13 bits per heavy atom. The molecule has 30 heavy (non-hydrogen) atoms. The highest BCUT2D eigenvalue weighted by molar-refractivity contribution is 7.91. The molecule has 0 aliphatic carbocycles. The fourth-order valence-electron chi connectivity index (χ4n) is 3.18. The molecule has 1 aromatic carbocycles. The number of aromatic nitrogens is 2. The Kier molecular flexibility index (Phi) is 5.80. The normalized spacial score (nSPS) is 16.0. The van der Waals surface area contributed by atoms with Gasteiger partial charge in [0.25, 0.3) is 5.91 Å². The summed E-state index contributed by atoms with van der Waals surface area (Å²) in [4.78, 5) is 21.4. The molecule has 1 amide bonds. The Balaban J connectivity index is 1.48. The number of thiazole rings is 1. The summed E-state index contributed by atoms with van der Waals surface area (Å²) in [6.07, 6.45) is 3.35. The van der Waals surface area contributed by atoms with Gasteiger partial charge in [-0.1, -0.05) is 47.7 Å². The largest absolute Gasteiger partial charge is 0.347 e. The lowest BCUT2D eigenvalue weighted by atomic mass is 10.2. The minimum Gasteiger partial charge on any atom is -0.347 e. The molecule has 8 nitrogen and oxygen atoms in total. The molecule has 10 heteroatoms. The van der Waals surface area contributed by atoms with Crippen molar-refractivity contribution in [1.29, 1.82) is 0 Å². The van der Waals surface area contributed by atoms with Gasteiger partial charge in [-0.2, -0.15) is 12.7 Å². The Bertz CT molecular complexity index is 1130. The van der Waals surface area contributed by atoms with E-state index in [1.165, 1.54) is 8.61 Å². The molecular formula is C20H21N5O3S2. The summed E-state index contributed by atoms with van der Waals surface area (Å²) in [5.74, 6) is -0.280. The van der Waals surface area contributed by atoms with Gasteiger partial charge in [0.2, 0.25) is 5.13 Å². The summed E-state index contributed by atoms with van der Waals surface area (Å²) in [7, 11) is -3.69. The zero-order valence-corrected chi connectivity index (χ0v) is 18.0. The van der Waals surface area contributed by atoms with Crippen LogP contribution in [-0.4, -0.2) is 41.7 Å². The fourth-order valence-corrected chi connectivity index (χ4v) is 5.94. The molecule has 0 unspecified atom stereocenters. The molecule has 1 N–H and O–H groups in total. The summed E-state index contributed by atoms with van der Waals surface area (Å²) >= 11 is 1.09. The smallest absolute Gasteiger partial charge is 0.306 e. The van der Waals surface area contributed by atoms with Gasteiger partial charge in [0.1, 0.15) is 4.88 Å². The minimum absolute atomic E-state index is 0.280. The van der Waals surface area contributed by atoms with Crippen LogP contribution in [0.15, 0.2) is 54.9 Å². The van der Waals surface area contributed by atoms with Crippen molar-refractivity contribution in [2.45, 2.75) is 20.0 Å². The van der Waals surface area contributed by atoms with Crippen molar-refractivity contribution in [2.75, 3.05) is 17.4 Å². The zero-order valence-electron chi connectivity index (χ0n) is 16.4. The average molecular weight is 444 g/mol. The number of benzene rings is 1. The topological polar surface area (TPSA) is 95.5 Å². The molecule has 3 heterocycles. The molecular weight excluding hydrogens is 422 g/mol. The SMILES string of the molecule is Cc1nc(N2CCN(Cc3ccccc3)S2(=O)=O)sc1C(=O)NCc1cccnc1. The molecule has 156 valence electrons. The first-order valence-electron chi connectivity index (χ1n) is 9.41. The molecule has 3 aromatic rings. The second-order valence-corrected chi connectivity index (χ2v) is 9.68. The van der Waals surface area contributed by atoms with E-state index in [1.54, 1.807) is 25.4 Å². The molecule has 4 rings (SSSR count). The second kappa shape index (κ2) is 8.50. The molecule has 0 radical (unpaired) electrons. The van der Waals surface area contributed by atoms with E-state index in [0.29, 0.717) is 41.9 Å². The Hall–Kier alpha value is -2.82. The summed E-state index contributed by atoms with van der Waals surface area (Å²) in [5, 5.41) is 3.15. The Labute approximate surface area is 179 Å². The van der Waals surface area contributed by atoms with Crippen LogP contribution in [0.2, 0.25) is 0 Å². The molecule has 0 spiro atoms. The second-order valence-electron chi connectivity index (χ2n) is 6.85. The van der Waals surface area contributed by atoms with Crippen molar-refractivity contribution < 1.29 is 13.2 Å². The van der Waals surface area contributed by atoms with E-state index in [0.717, 1.165) is 22.5 Å². The van der Waals surface area contributed by atoms with E-state index in [-0.39, 0.29) is 5.91 Å². The van der Waals surface area contributed by atoms with Gasteiger partial charge in [0.15, 0.2) is 0 Å². The third kappa shape index (κ3) is 4.20. The first-order valence-corrected chi connectivity index (χ1v) is 11.6. The minimum atomic E-state index is -3.69. The van der Waals surface area contributed by atoms with Gasteiger partial charge in [-0.15, -0.1) is 0 Å². The molecule has 1 fully saturated rings. The van der Waals surface area contributed by atoms with Gasteiger partial charge in [-0.25, -0.2) is 9.29 Å². The highest BCUT2D eigenvalue weighted by Gasteiger charge is 2.38. The lowest BCUT2D eigenvalue weighted by Gasteiger charge is -2.17. The predicted molar refractivity (Wildman–Crippen MR) is 115 cm³/mol. The van der Waals surface area contributed by atoms with Crippen LogP contribution >= 0.6 is 11.3 Å². The van der Waals surface area contributed by atoms with Crippen LogP contribution in [-0.2, 0) is 23.3 Å². The molecule has 1 aliphatic rings. The molecule has 1 aliphatic heterocycles. The van der Waals surface area contributed by atoms with Crippen molar-refractivity contribution in [2.24, 2.45) is 0 Å². The van der Waals surface area contributed by atoms with Gasteiger partial charge < -0.3 is 5.32 Å². The first kappa shape index (κ1) is 20.5. The highest BCUT2D eigenvalue weighted by atomic mass is 32.2. The van der Waals surface area contributed by atoms with Gasteiger partial charge in [0.05, 0.1) is 12.2 Å². The summed E-state index contributed by atoms with van der Waals surface area (Å²) in [6.45, 7) is 3.04. The van der Waals surface area contributed by atoms with E-state index in [9.17, 15) is 13.2 Å². The zero-order chi connectivity index (χ0) is 21.1. The number of amides is 1. The number of hydrogen-bond donors (Lipinski definition) is 1. The monoisotopic (exact) mass is 443 g/mol. The Morgan fingerprint density at radius 2 is 1.90 bits per heavy atom. The quantitative estimate of drug-likeness (QED) is 0.631. The van der Waals surface area contributed by atoms with Crippen molar-refractivity contribution >= 4 is 32.6 Å². The van der Waals surface area contributed by atoms with Crippen LogP contribution in [0.1, 0.15) is 26.5 Å². The number of pyridine rings is 1. The van der Waals surface area contributed by atoms with Crippen LogP contribution in [0, 0.1) is 6.92 Å². The number of hydrogen-bond acceptors (Lipinski definition) is 6. The van der Waals surface area contributed by atoms with E-state index >= 15 is 0 Å². The number of nitrogens with zero attached hydrogens (tertiary/aromatic N) is 4. The van der Waals surface area contributed by atoms with Gasteiger partial charge in [-0.3, -0.25) is 9.78 Å². The van der Waals surface area contributed by atoms with Crippen molar-refractivity contribution in [3.63, 3.8) is 0 Å². The summed E-state index contributed by atoms with van der Waals surface area (Å²) < 4.78 is 28.7. The summed E-state index contributed by atoms with van der Waals surface area (Å²) in [6, 6.07) is 13.1. The standard InChI is InChI=1S/C20H21N5O3S2/c1-15-18(19(26)22-13-17-8-5-9-21-12-17)29-20(23-15)25-11-10-24(30(25,27)28)14-16-6-3-2-4-7-16/h2-9,12H,10-11,13-14H2,1H3,(H,22,26). The molecule has 0 bridgehead atoms. The van der Waals surface area contributed by atoms with Crippen molar-refractivity contribution in [1.82, 2.24) is 19.6 Å². The van der Waals surface area contributed by atoms with E-state index in [1.807, 2.05) is 36.4 Å². The number of carbonyl (C=O) groups excluding carboxylic acids is 1. The van der Waals surface area contributed by atoms with E-state index < -0.39 is 10.2 Å². The Morgan fingerprint density at radius 3 is 2.63 bits per heavy atom. The number of anilines is 1. The molecule has 1 saturated heterocycles. The number of aryl methyl sites for hydroxylation is 1. The average Bonchev–Trinajstić information content (AvgIpc) is 3.27. The van der Waals surface area contributed by atoms with Gasteiger partial charge >= 0.3 is 10.2 Å². The van der Waals surface area contributed by atoms with E-state index in [2.05, 4.69) is 15.3 Å². The molecule has 2 aromatic heterocycles. The van der Waals surface area contributed by atoms with Gasteiger partial charge in [0, 0.05) is 32.0 Å². The summed E-state index contributed by atoms with van der Waals surface area (Å²) in [5.41, 5.74) is 2.32. The van der Waals surface area contributed by atoms with Crippen molar-refractivity contribution in [3.8, 4) is 0 Å².